The van der Waals surface area contributed by atoms with Crippen LogP contribution in [-0.4, -0.2) is 33.3 Å². The molecule has 0 amide bonds. The summed E-state index contributed by atoms with van der Waals surface area (Å²) in [7, 11) is -3.14. The molecule has 1 atom stereocenters. The molecule has 0 saturated heterocycles. The molecule has 0 aliphatic carbocycles. The number of anilines is 1. The molecule has 18 heavy (non-hydrogen) atoms. The molecule has 1 aromatic rings. The first-order chi connectivity index (χ1) is 8.45. The van der Waals surface area contributed by atoms with Crippen LogP contribution in [0.15, 0.2) is 23.1 Å². The topological polar surface area (TPSA) is 63.4 Å². The molecule has 1 unspecified atom stereocenters. The van der Waals surface area contributed by atoms with Gasteiger partial charge in [0.15, 0.2) is 9.84 Å². The average Bonchev–Trinajstić information content (AvgIpc) is 2.27. The van der Waals surface area contributed by atoms with Crippen LogP contribution < -0.4 is 10.6 Å². The molecule has 2 N–H and O–H groups in total. The maximum atomic E-state index is 12.2. The van der Waals surface area contributed by atoms with Gasteiger partial charge in [-0.3, -0.25) is 0 Å². The number of nitrogens with zero attached hydrogens (tertiary/aromatic N) is 1. The minimum absolute atomic E-state index is 0.0100. The fourth-order valence-corrected chi connectivity index (χ4v) is 4.22. The Kier molecular flexibility index (Phi) is 3.64. The van der Waals surface area contributed by atoms with Gasteiger partial charge in [0.05, 0.1) is 16.3 Å². The monoisotopic (exact) mass is 268 g/mol. The van der Waals surface area contributed by atoms with Gasteiger partial charge in [0.25, 0.3) is 0 Å². The van der Waals surface area contributed by atoms with Crippen LogP contribution in [0.1, 0.15) is 18.9 Å². The Morgan fingerprint density at radius 2 is 2.17 bits per heavy atom. The van der Waals surface area contributed by atoms with Gasteiger partial charge in [0, 0.05) is 12.6 Å². The summed E-state index contributed by atoms with van der Waals surface area (Å²) in [5.41, 5.74) is 7.46. The van der Waals surface area contributed by atoms with E-state index in [1.54, 1.807) is 6.07 Å². The van der Waals surface area contributed by atoms with Crippen LogP contribution in [0.5, 0.6) is 0 Å². The zero-order valence-electron chi connectivity index (χ0n) is 10.9. The number of rotatable bonds is 3. The van der Waals surface area contributed by atoms with E-state index in [1.165, 1.54) is 0 Å². The largest absolute Gasteiger partial charge is 0.367 e. The van der Waals surface area contributed by atoms with E-state index in [4.69, 9.17) is 5.73 Å². The molecule has 5 heteroatoms. The quantitative estimate of drug-likeness (QED) is 0.898. The lowest BCUT2D eigenvalue weighted by molar-refractivity contribution is 0.568. The van der Waals surface area contributed by atoms with Crippen LogP contribution in [0.3, 0.4) is 0 Å². The molecule has 0 aromatic heterocycles. The number of fused-ring (bicyclic) bond motifs is 1. The summed E-state index contributed by atoms with van der Waals surface area (Å²) in [6.07, 6.45) is 0.873. The Bertz CT molecular complexity index is 540. The lowest BCUT2D eigenvalue weighted by atomic mass is 10.1. The van der Waals surface area contributed by atoms with E-state index >= 15 is 0 Å². The molecule has 1 aliphatic rings. The molecule has 4 nitrogen and oxygen atoms in total. The van der Waals surface area contributed by atoms with Crippen molar-refractivity contribution in [2.75, 3.05) is 23.7 Å². The molecule has 1 aliphatic heterocycles. The summed E-state index contributed by atoms with van der Waals surface area (Å²) < 4.78 is 24.3. The number of hydrogen-bond donors (Lipinski definition) is 1. The summed E-state index contributed by atoms with van der Waals surface area (Å²) in [6, 6.07) is 5.55. The van der Waals surface area contributed by atoms with E-state index in [2.05, 4.69) is 4.90 Å². The Hall–Kier alpha value is -1.07. The molecule has 100 valence electrons. The van der Waals surface area contributed by atoms with Crippen LogP contribution in [0.4, 0.5) is 5.69 Å². The molecule has 0 bridgehead atoms. The van der Waals surface area contributed by atoms with Gasteiger partial charge in [-0.15, -0.1) is 0 Å². The molecule has 1 aromatic carbocycles. The average molecular weight is 268 g/mol. The van der Waals surface area contributed by atoms with E-state index in [0.717, 1.165) is 24.2 Å². The highest BCUT2D eigenvalue weighted by Gasteiger charge is 2.32. The van der Waals surface area contributed by atoms with E-state index in [-0.39, 0.29) is 11.8 Å². The summed E-state index contributed by atoms with van der Waals surface area (Å²) in [5.74, 6) is 0.188. The number of aryl methyl sites for hydroxylation is 1. The highest BCUT2D eigenvalue weighted by molar-refractivity contribution is 7.91. The zero-order valence-corrected chi connectivity index (χ0v) is 11.7. The van der Waals surface area contributed by atoms with Crippen molar-refractivity contribution in [2.24, 2.45) is 5.73 Å². The van der Waals surface area contributed by atoms with Gasteiger partial charge in [-0.25, -0.2) is 8.42 Å². The second kappa shape index (κ2) is 4.90. The first kappa shape index (κ1) is 13.4. The third kappa shape index (κ3) is 2.37. The fourth-order valence-electron chi connectivity index (χ4n) is 2.45. The van der Waals surface area contributed by atoms with Crippen LogP contribution in [0.2, 0.25) is 0 Å². The van der Waals surface area contributed by atoms with E-state index in [0.29, 0.717) is 11.4 Å². The summed E-state index contributed by atoms with van der Waals surface area (Å²) >= 11 is 0. The number of nitrogens with two attached hydrogens (primary N) is 1. The van der Waals surface area contributed by atoms with Crippen molar-refractivity contribution >= 4 is 15.5 Å². The Morgan fingerprint density at radius 1 is 1.44 bits per heavy atom. The summed E-state index contributed by atoms with van der Waals surface area (Å²) in [5, 5.41) is 0. The van der Waals surface area contributed by atoms with Crippen molar-refractivity contribution in [3.05, 3.63) is 23.8 Å². The van der Waals surface area contributed by atoms with Crippen LogP contribution in [-0.2, 0) is 9.84 Å². The Balaban J connectivity index is 2.49. The smallest absolute Gasteiger partial charge is 0.182 e. The summed E-state index contributed by atoms with van der Waals surface area (Å²) in [4.78, 5) is 2.62. The highest BCUT2D eigenvalue weighted by Crippen LogP contribution is 2.34. The third-order valence-corrected chi connectivity index (χ3v) is 5.29. The molecule has 1 heterocycles. The third-order valence-electron chi connectivity index (χ3n) is 3.35. The number of hydrogen-bond acceptors (Lipinski definition) is 4. The molecular weight excluding hydrogens is 248 g/mol. The van der Waals surface area contributed by atoms with Gasteiger partial charge >= 0.3 is 0 Å². The highest BCUT2D eigenvalue weighted by atomic mass is 32.2. The fraction of sp³-hybridized carbons (Fsp3) is 0.538. The van der Waals surface area contributed by atoms with Crippen molar-refractivity contribution in [3.63, 3.8) is 0 Å². The van der Waals surface area contributed by atoms with Gasteiger partial charge in [-0.2, -0.15) is 0 Å². The van der Waals surface area contributed by atoms with Gasteiger partial charge < -0.3 is 10.6 Å². The van der Waals surface area contributed by atoms with Gasteiger partial charge in [0.2, 0.25) is 0 Å². The predicted octanol–water partition coefficient (Wildman–Crippen LogP) is 1.33. The van der Waals surface area contributed by atoms with Crippen LogP contribution >= 0.6 is 0 Å². The maximum Gasteiger partial charge on any atom is 0.182 e. The normalized spacial score (nSPS) is 21.7. The lowest BCUT2D eigenvalue weighted by Gasteiger charge is -2.36. The Morgan fingerprint density at radius 3 is 2.83 bits per heavy atom. The van der Waals surface area contributed by atoms with Crippen molar-refractivity contribution in [3.8, 4) is 0 Å². The van der Waals surface area contributed by atoms with E-state index < -0.39 is 9.84 Å². The second-order valence-corrected chi connectivity index (χ2v) is 6.94. The van der Waals surface area contributed by atoms with Crippen molar-refractivity contribution < 1.29 is 8.42 Å². The first-order valence-electron chi connectivity index (χ1n) is 6.26. The van der Waals surface area contributed by atoms with Crippen molar-refractivity contribution in [2.45, 2.75) is 31.2 Å². The Labute approximate surface area is 109 Å². The van der Waals surface area contributed by atoms with Gasteiger partial charge in [-0.05, 0) is 44.5 Å². The molecule has 0 spiro atoms. The van der Waals surface area contributed by atoms with Gasteiger partial charge in [0.1, 0.15) is 0 Å². The van der Waals surface area contributed by atoms with Gasteiger partial charge in [-0.1, -0.05) is 6.07 Å². The van der Waals surface area contributed by atoms with Crippen molar-refractivity contribution in [1.82, 2.24) is 0 Å². The lowest BCUT2D eigenvalue weighted by Crippen LogP contribution is -2.43. The SMILES string of the molecule is Cc1ccc2c(c1)N(CCCN)C(C)CS2(=O)=O. The molecule has 2 rings (SSSR count). The maximum absolute atomic E-state index is 12.2. The number of benzene rings is 1. The standard InChI is InChI=1S/C13H20N2O2S/c1-10-4-5-13-12(8-10)15(7-3-6-14)11(2)9-18(13,16)17/h4-5,8,11H,3,6-7,9,14H2,1-2H3. The molecule has 0 saturated carbocycles. The second-order valence-electron chi connectivity index (χ2n) is 4.94. The van der Waals surface area contributed by atoms with Crippen molar-refractivity contribution in [1.29, 1.82) is 0 Å². The first-order valence-corrected chi connectivity index (χ1v) is 7.91. The minimum atomic E-state index is -3.14. The molecule has 0 fully saturated rings. The summed E-state index contributed by atoms with van der Waals surface area (Å²) in [6.45, 7) is 5.37. The van der Waals surface area contributed by atoms with Crippen LogP contribution in [0.25, 0.3) is 0 Å². The number of sulfone groups is 1. The zero-order chi connectivity index (χ0) is 13.3. The molecular formula is C13H20N2O2S. The molecule has 0 radical (unpaired) electrons. The minimum Gasteiger partial charge on any atom is -0.367 e. The van der Waals surface area contributed by atoms with E-state index in [1.807, 2.05) is 26.0 Å². The predicted molar refractivity (Wildman–Crippen MR) is 73.7 cm³/mol. The van der Waals surface area contributed by atoms with Crippen LogP contribution in [0, 0.1) is 6.92 Å². The van der Waals surface area contributed by atoms with E-state index in [9.17, 15) is 8.42 Å².